The highest BCUT2D eigenvalue weighted by Gasteiger charge is 2.24. The summed E-state index contributed by atoms with van der Waals surface area (Å²) in [6, 6.07) is 7.10. The normalized spacial score (nSPS) is 10.3. The van der Waals surface area contributed by atoms with Crippen LogP contribution in [0.4, 0.5) is 5.00 Å². The summed E-state index contributed by atoms with van der Waals surface area (Å²) in [4.78, 5) is 24.9. The van der Waals surface area contributed by atoms with Gasteiger partial charge in [-0.15, -0.1) is 0 Å². The van der Waals surface area contributed by atoms with E-state index in [4.69, 9.17) is 0 Å². The van der Waals surface area contributed by atoms with Gasteiger partial charge in [-0.3, -0.25) is 4.79 Å². The Bertz CT molecular complexity index is 667. The van der Waals surface area contributed by atoms with Gasteiger partial charge in [0.25, 0.3) is 5.91 Å². The van der Waals surface area contributed by atoms with Crippen molar-refractivity contribution in [2.24, 2.45) is 0 Å². The van der Waals surface area contributed by atoms with E-state index in [-0.39, 0.29) is 11.5 Å². The van der Waals surface area contributed by atoms with Crippen LogP contribution in [0.5, 0.6) is 0 Å². The lowest BCUT2D eigenvalue weighted by atomic mass is 10.2. The fraction of sp³-hybridized carbons (Fsp3) is 0.154. The van der Waals surface area contributed by atoms with Gasteiger partial charge in [0, 0.05) is 16.2 Å². The van der Waals surface area contributed by atoms with E-state index in [0.717, 1.165) is 15.1 Å². The molecular formula is C13H11IN2O3S. The Morgan fingerprint density at radius 1 is 1.30 bits per heavy atom. The fourth-order valence-electron chi connectivity index (χ4n) is 1.71. The molecule has 2 aromatic rings. The average molecular weight is 402 g/mol. The summed E-state index contributed by atoms with van der Waals surface area (Å²) in [5.74, 6) is -1.33. The van der Waals surface area contributed by atoms with Crippen LogP contribution in [0.2, 0.25) is 0 Å². The van der Waals surface area contributed by atoms with E-state index >= 15 is 0 Å². The van der Waals surface area contributed by atoms with Crippen molar-refractivity contribution in [3.05, 3.63) is 44.7 Å². The molecule has 7 heteroatoms. The quantitative estimate of drug-likeness (QED) is 0.802. The summed E-state index contributed by atoms with van der Waals surface area (Å²) in [7, 11) is 1.56. The van der Waals surface area contributed by atoms with E-state index in [1.807, 2.05) is 12.1 Å². The van der Waals surface area contributed by atoms with Crippen LogP contribution >= 0.6 is 34.1 Å². The number of aryl methyl sites for hydroxylation is 1. The zero-order valence-electron chi connectivity index (χ0n) is 10.8. The molecule has 0 saturated carbocycles. The summed E-state index contributed by atoms with van der Waals surface area (Å²) in [5.41, 5.74) is 1.01. The molecule has 1 aromatic heterocycles. The number of carbonyl (C=O) groups excluding carboxylic acids is 1. The second kappa shape index (κ2) is 5.88. The number of carboxylic acid groups (broad SMARTS) is 1. The van der Waals surface area contributed by atoms with E-state index < -0.39 is 5.97 Å². The number of amides is 1. The number of anilines is 1. The molecule has 1 aromatic carbocycles. The van der Waals surface area contributed by atoms with Gasteiger partial charge < -0.3 is 10.0 Å². The van der Waals surface area contributed by atoms with Crippen LogP contribution in [0.25, 0.3) is 0 Å². The van der Waals surface area contributed by atoms with Gasteiger partial charge in [0.1, 0.15) is 10.6 Å². The number of benzene rings is 1. The molecule has 0 spiro atoms. The number of rotatable bonds is 3. The van der Waals surface area contributed by atoms with Crippen LogP contribution in [0.3, 0.4) is 0 Å². The van der Waals surface area contributed by atoms with Crippen molar-refractivity contribution in [2.45, 2.75) is 6.92 Å². The van der Waals surface area contributed by atoms with Crippen molar-refractivity contribution in [2.75, 3.05) is 11.9 Å². The van der Waals surface area contributed by atoms with E-state index in [1.54, 1.807) is 26.1 Å². The number of carbonyl (C=O) groups is 2. The molecule has 1 heterocycles. The lowest BCUT2D eigenvalue weighted by molar-refractivity contribution is 0.0697. The second-order valence-electron chi connectivity index (χ2n) is 4.12. The van der Waals surface area contributed by atoms with Gasteiger partial charge in [-0.2, -0.15) is 4.37 Å². The van der Waals surface area contributed by atoms with Crippen molar-refractivity contribution < 1.29 is 14.7 Å². The standard InChI is InChI=1S/C13H11IN2O3S/c1-7-10(13(18)19)12(20-15-7)16(2)11(17)8-3-5-9(14)6-4-8/h3-6H,1-2H3,(H,18,19). The molecule has 0 fully saturated rings. The third-order valence-corrected chi connectivity index (χ3v) is 4.49. The number of aromatic nitrogens is 1. The highest BCUT2D eigenvalue weighted by molar-refractivity contribution is 14.1. The molecule has 0 atom stereocenters. The van der Waals surface area contributed by atoms with Gasteiger partial charge in [-0.05, 0) is 65.3 Å². The third kappa shape index (κ3) is 2.83. The van der Waals surface area contributed by atoms with E-state index in [1.165, 1.54) is 4.90 Å². The fourth-order valence-corrected chi connectivity index (χ4v) is 2.92. The number of hydrogen-bond donors (Lipinski definition) is 1. The molecule has 0 aliphatic carbocycles. The molecule has 0 aliphatic rings. The zero-order valence-corrected chi connectivity index (χ0v) is 13.7. The SMILES string of the molecule is Cc1nsc(N(C)C(=O)c2ccc(I)cc2)c1C(=O)O. The first kappa shape index (κ1) is 14.9. The molecule has 104 valence electrons. The largest absolute Gasteiger partial charge is 0.478 e. The Balaban J connectivity index is 2.36. The maximum Gasteiger partial charge on any atom is 0.340 e. The van der Waals surface area contributed by atoms with Crippen LogP contribution in [-0.2, 0) is 0 Å². The minimum Gasteiger partial charge on any atom is -0.478 e. The van der Waals surface area contributed by atoms with Gasteiger partial charge >= 0.3 is 5.97 Å². The molecule has 0 saturated heterocycles. The zero-order chi connectivity index (χ0) is 14.9. The first-order valence-corrected chi connectivity index (χ1v) is 7.50. The molecule has 0 bridgehead atoms. The van der Waals surface area contributed by atoms with E-state index in [9.17, 15) is 14.7 Å². The Morgan fingerprint density at radius 3 is 2.45 bits per heavy atom. The minimum atomic E-state index is -1.08. The summed E-state index contributed by atoms with van der Waals surface area (Å²) < 4.78 is 5.04. The highest BCUT2D eigenvalue weighted by atomic mass is 127. The number of carboxylic acids is 1. The van der Waals surface area contributed by atoms with Gasteiger partial charge in [0.05, 0.1) is 5.69 Å². The average Bonchev–Trinajstić information content (AvgIpc) is 2.80. The second-order valence-corrected chi connectivity index (χ2v) is 6.12. The number of hydrogen-bond acceptors (Lipinski definition) is 4. The van der Waals surface area contributed by atoms with Gasteiger partial charge in [0.15, 0.2) is 0 Å². The van der Waals surface area contributed by atoms with Crippen LogP contribution in [0, 0.1) is 10.5 Å². The summed E-state index contributed by atoms with van der Waals surface area (Å²) in [5, 5.41) is 9.55. The van der Waals surface area contributed by atoms with Crippen LogP contribution < -0.4 is 4.90 Å². The predicted octanol–water partition coefficient (Wildman–Crippen LogP) is 3.03. The monoisotopic (exact) mass is 402 g/mol. The van der Waals surface area contributed by atoms with Crippen molar-refractivity contribution in [3.63, 3.8) is 0 Å². The molecule has 1 amide bonds. The summed E-state index contributed by atoms with van der Waals surface area (Å²) in [6.45, 7) is 1.62. The molecule has 5 nitrogen and oxygen atoms in total. The molecule has 2 rings (SSSR count). The maximum absolute atomic E-state index is 12.3. The van der Waals surface area contributed by atoms with Crippen molar-refractivity contribution in [3.8, 4) is 0 Å². The minimum absolute atomic E-state index is 0.0800. The lowest BCUT2D eigenvalue weighted by Gasteiger charge is -2.15. The van der Waals surface area contributed by atoms with Gasteiger partial charge in [-0.1, -0.05) is 0 Å². The van der Waals surface area contributed by atoms with Crippen molar-refractivity contribution >= 4 is 51.0 Å². The van der Waals surface area contributed by atoms with Crippen LogP contribution in [-0.4, -0.2) is 28.4 Å². The van der Waals surface area contributed by atoms with Crippen molar-refractivity contribution in [1.82, 2.24) is 4.37 Å². The molecule has 1 N–H and O–H groups in total. The maximum atomic E-state index is 12.3. The Morgan fingerprint density at radius 2 is 1.90 bits per heavy atom. The Hall–Kier alpha value is -1.48. The number of halogens is 1. The summed E-state index contributed by atoms with van der Waals surface area (Å²) in [6.07, 6.45) is 0. The van der Waals surface area contributed by atoms with Crippen LogP contribution in [0.15, 0.2) is 24.3 Å². The molecule has 0 unspecified atom stereocenters. The lowest BCUT2D eigenvalue weighted by Crippen LogP contribution is -2.26. The number of aromatic carboxylic acids is 1. The Kier molecular flexibility index (Phi) is 4.39. The van der Waals surface area contributed by atoms with Gasteiger partial charge in [0.2, 0.25) is 0 Å². The molecule has 0 aliphatic heterocycles. The van der Waals surface area contributed by atoms with E-state index in [0.29, 0.717) is 16.3 Å². The number of nitrogens with zero attached hydrogens (tertiary/aromatic N) is 2. The molecular weight excluding hydrogens is 391 g/mol. The van der Waals surface area contributed by atoms with Gasteiger partial charge in [-0.25, -0.2) is 4.79 Å². The smallest absolute Gasteiger partial charge is 0.340 e. The topological polar surface area (TPSA) is 70.5 Å². The molecule has 20 heavy (non-hydrogen) atoms. The third-order valence-electron chi connectivity index (χ3n) is 2.76. The molecule has 0 radical (unpaired) electrons. The first-order chi connectivity index (χ1) is 9.41. The predicted molar refractivity (Wildman–Crippen MR) is 85.7 cm³/mol. The summed E-state index contributed by atoms with van der Waals surface area (Å²) >= 11 is 3.17. The first-order valence-electron chi connectivity index (χ1n) is 5.65. The highest BCUT2D eigenvalue weighted by Crippen LogP contribution is 2.28. The van der Waals surface area contributed by atoms with Crippen molar-refractivity contribution in [1.29, 1.82) is 0 Å². The van der Waals surface area contributed by atoms with Crippen LogP contribution in [0.1, 0.15) is 26.4 Å². The van der Waals surface area contributed by atoms with E-state index in [2.05, 4.69) is 27.0 Å². The Labute approximate surface area is 133 Å².